The first-order valence-electron chi connectivity index (χ1n) is 6.95. The number of rotatable bonds is 4. The molecule has 0 aromatic heterocycles. The fourth-order valence-electron chi connectivity index (χ4n) is 2.65. The molecule has 1 aromatic rings. The Bertz CT molecular complexity index is 553. The fraction of sp³-hybridized carbons (Fsp3) is 0.467. The molecule has 1 aromatic carbocycles. The molecule has 2 nitrogen and oxygen atoms in total. The highest BCUT2D eigenvalue weighted by molar-refractivity contribution is 5.28. The zero-order valence-electron chi connectivity index (χ0n) is 12.2. The van der Waals surface area contributed by atoms with Crippen LogP contribution in [0.15, 0.2) is 12.2 Å². The van der Waals surface area contributed by atoms with Gasteiger partial charge in [0, 0.05) is 37.8 Å². The SMILES string of the molecule is C=C(C)C[C@H](c1c(F)c(F)c(F)c(F)c1F)N1CCNCC1. The average molecular weight is 320 g/mol. The molecule has 1 aliphatic rings. The van der Waals surface area contributed by atoms with Crippen LogP contribution >= 0.6 is 0 Å². The van der Waals surface area contributed by atoms with Gasteiger partial charge in [-0.05, 0) is 13.3 Å². The summed E-state index contributed by atoms with van der Waals surface area (Å²) in [7, 11) is 0. The van der Waals surface area contributed by atoms with E-state index in [4.69, 9.17) is 0 Å². The van der Waals surface area contributed by atoms with Gasteiger partial charge in [-0.1, -0.05) is 5.57 Å². The first kappa shape index (κ1) is 16.9. The van der Waals surface area contributed by atoms with E-state index < -0.39 is 40.7 Å². The van der Waals surface area contributed by atoms with E-state index in [1.807, 2.05) is 0 Å². The summed E-state index contributed by atoms with van der Waals surface area (Å²) in [6.07, 6.45) is 0.123. The minimum atomic E-state index is -2.13. The van der Waals surface area contributed by atoms with Gasteiger partial charge in [0.1, 0.15) is 0 Å². The van der Waals surface area contributed by atoms with Crippen molar-refractivity contribution < 1.29 is 22.0 Å². The molecule has 0 saturated carbocycles. The van der Waals surface area contributed by atoms with Gasteiger partial charge in [-0.15, -0.1) is 6.58 Å². The third kappa shape index (κ3) is 3.15. The first-order chi connectivity index (χ1) is 10.3. The van der Waals surface area contributed by atoms with E-state index in [-0.39, 0.29) is 6.42 Å². The van der Waals surface area contributed by atoms with Crippen LogP contribution in [0.4, 0.5) is 22.0 Å². The summed E-state index contributed by atoms with van der Waals surface area (Å²) in [5, 5.41) is 3.08. The van der Waals surface area contributed by atoms with Crippen molar-refractivity contribution in [2.75, 3.05) is 26.2 Å². The number of hydrogen-bond acceptors (Lipinski definition) is 2. The van der Waals surface area contributed by atoms with Crippen molar-refractivity contribution in [3.8, 4) is 0 Å². The van der Waals surface area contributed by atoms with E-state index in [2.05, 4.69) is 11.9 Å². The second-order valence-electron chi connectivity index (χ2n) is 5.45. The molecule has 1 aliphatic heterocycles. The Labute approximate surface area is 125 Å². The van der Waals surface area contributed by atoms with E-state index in [0.717, 1.165) is 0 Å². The molecule has 1 atom stereocenters. The summed E-state index contributed by atoms with van der Waals surface area (Å²) in [4.78, 5) is 1.71. The Morgan fingerprint density at radius 2 is 1.45 bits per heavy atom. The number of benzene rings is 1. The zero-order valence-corrected chi connectivity index (χ0v) is 12.2. The highest BCUT2D eigenvalue weighted by Gasteiger charge is 2.33. The number of nitrogens with zero attached hydrogens (tertiary/aromatic N) is 1. The van der Waals surface area contributed by atoms with Gasteiger partial charge >= 0.3 is 0 Å². The van der Waals surface area contributed by atoms with Crippen molar-refractivity contribution in [3.05, 3.63) is 46.8 Å². The molecule has 0 aliphatic carbocycles. The molecule has 0 unspecified atom stereocenters. The van der Waals surface area contributed by atoms with Crippen molar-refractivity contribution in [1.29, 1.82) is 0 Å². The summed E-state index contributed by atoms with van der Waals surface area (Å²) < 4.78 is 68.2. The standard InChI is InChI=1S/C15H17F5N2/c1-8(2)7-9(22-5-3-21-4-6-22)10-11(16)13(18)15(20)14(19)12(10)17/h9,21H,1,3-7H2,2H3/t9-/m1/s1. The van der Waals surface area contributed by atoms with Gasteiger partial charge in [0.25, 0.3) is 0 Å². The van der Waals surface area contributed by atoms with Crippen LogP contribution in [0.3, 0.4) is 0 Å². The third-order valence-electron chi connectivity index (χ3n) is 3.71. The van der Waals surface area contributed by atoms with Gasteiger partial charge in [-0.3, -0.25) is 4.90 Å². The van der Waals surface area contributed by atoms with Gasteiger partial charge in [0.15, 0.2) is 23.3 Å². The van der Waals surface area contributed by atoms with Crippen molar-refractivity contribution >= 4 is 0 Å². The molecule has 1 saturated heterocycles. The van der Waals surface area contributed by atoms with E-state index in [1.54, 1.807) is 11.8 Å². The Hall–Kier alpha value is -1.47. The number of hydrogen-bond donors (Lipinski definition) is 1. The van der Waals surface area contributed by atoms with Crippen LogP contribution < -0.4 is 5.32 Å². The van der Waals surface area contributed by atoms with Crippen molar-refractivity contribution in [2.24, 2.45) is 0 Å². The molecule has 0 spiro atoms. The van der Waals surface area contributed by atoms with E-state index >= 15 is 0 Å². The molecule has 1 fully saturated rings. The molecule has 0 radical (unpaired) electrons. The maximum Gasteiger partial charge on any atom is 0.200 e. The van der Waals surface area contributed by atoms with Crippen LogP contribution in [0.25, 0.3) is 0 Å². The van der Waals surface area contributed by atoms with Crippen LogP contribution in [0.1, 0.15) is 24.9 Å². The quantitative estimate of drug-likeness (QED) is 0.396. The minimum Gasteiger partial charge on any atom is -0.314 e. The Kier molecular flexibility index (Phi) is 5.18. The van der Waals surface area contributed by atoms with Crippen LogP contribution in [0, 0.1) is 29.1 Å². The topological polar surface area (TPSA) is 15.3 Å². The van der Waals surface area contributed by atoms with Crippen molar-refractivity contribution in [2.45, 2.75) is 19.4 Å². The highest BCUT2D eigenvalue weighted by Crippen LogP contribution is 2.34. The van der Waals surface area contributed by atoms with Crippen LogP contribution in [-0.2, 0) is 0 Å². The summed E-state index contributed by atoms with van der Waals surface area (Å²) in [5.41, 5.74) is -0.172. The average Bonchev–Trinajstić information content (AvgIpc) is 2.50. The molecular weight excluding hydrogens is 303 g/mol. The molecule has 7 heteroatoms. The minimum absolute atomic E-state index is 0.123. The molecular formula is C15H17F5N2. The highest BCUT2D eigenvalue weighted by atomic mass is 19.2. The second-order valence-corrected chi connectivity index (χ2v) is 5.45. The van der Waals surface area contributed by atoms with Gasteiger partial charge < -0.3 is 5.32 Å². The van der Waals surface area contributed by atoms with Gasteiger partial charge in [0.2, 0.25) is 5.82 Å². The van der Waals surface area contributed by atoms with Crippen LogP contribution in [-0.4, -0.2) is 31.1 Å². The van der Waals surface area contributed by atoms with Gasteiger partial charge in [-0.25, -0.2) is 22.0 Å². The van der Waals surface area contributed by atoms with E-state index in [1.165, 1.54) is 0 Å². The van der Waals surface area contributed by atoms with E-state index in [9.17, 15) is 22.0 Å². The first-order valence-corrected chi connectivity index (χ1v) is 6.95. The lowest BCUT2D eigenvalue weighted by Gasteiger charge is -2.35. The monoisotopic (exact) mass is 320 g/mol. The molecule has 0 amide bonds. The Balaban J connectivity index is 2.53. The molecule has 122 valence electrons. The number of nitrogens with one attached hydrogen (secondary N) is 1. The largest absolute Gasteiger partial charge is 0.314 e. The molecule has 22 heavy (non-hydrogen) atoms. The number of piperazine rings is 1. The zero-order chi connectivity index (χ0) is 16.4. The predicted molar refractivity (Wildman–Crippen MR) is 72.8 cm³/mol. The van der Waals surface area contributed by atoms with Crippen LogP contribution in [0.2, 0.25) is 0 Å². The molecule has 1 N–H and O–H groups in total. The smallest absolute Gasteiger partial charge is 0.200 e. The Morgan fingerprint density at radius 3 is 1.91 bits per heavy atom. The van der Waals surface area contributed by atoms with Gasteiger partial charge in [0.05, 0.1) is 0 Å². The fourth-order valence-corrected chi connectivity index (χ4v) is 2.65. The lowest BCUT2D eigenvalue weighted by Crippen LogP contribution is -2.45. The van der Waals surface area contributed by atoms with E-state index in [0.29, 0.717) is 31.8 Å². The van der Waals surface area contributed by atoms with Crippen LogP contribution in [0.5, 0.6) is 0 Å². The summed E-state index contributed by atoms with van der Waals surface area (Å²) in [5.74, 6) is -9.47. The molecule has 1 heterocycles. The maximum atomic E-state index is 14.1. The normalized spacial score (nSPS) is 17.5. The summed E-state index contributed by atoms with van der Waals surface area (Å²) >= 11 is 0. The van der Waals surface area contributed by atoms with Gasteiger partial charge in [-0.2, -0.15) is 0 Å². The predicted octanol–water partition coefficient (Wildman–Crippen LogP) is 3.29. The maximum absolute atomic E-state index is 14.1. The Morgan fingerprint density at radius 1 is 1.00 bits per heavy atom. The summed E-state index contributed by atoms with van der Waals surface area (Å²) in [6.45, 7) is 7.42. The lowest BCUT2D eigenvalue weighted by molar-refractivity contribution is 0.163. The molecule has 2 rings (SSSR count). The third-order valence-corrected chi connectivity index (χ3v) is 3.71. The molecule has 0 bridgehead atoms. The van der Waals surface area contributed by atoms with Crippen molar-refractivity contribution in [3.63, 3.8) is 0 Å². The van der Waals surface area contributed by atoms with Crippen molar-refractivity contribution in [1.82, 2.24) is 10.2 Å². The lowest BCUT2D eigenvalue weighted by atomic mass is 9.96. The number of halogens is 5. The summed E-state index contributed by atoms with van der Waals surface area (Å²) in [6, 6.07) is -0.927. The second kappa shape index (κ2) is 6.75.